The number of hydrogen-bond donors (Lipinski definition) is 2. The van der Waals surface area contributed by atoms with E-state index in [1.54, 1.807) is 0 Å². The summed E-state index contributed by atoms with van der Waals surface area (Å²) in [6.45, 7) is 4.03. The molecule has 100 valence electrons. The lowest BCUT2D eigenvalue weighted by molar-refractivity contribution is -0.121. The molecule has 2 rings (SSSR count). The number of aryl methyl sites for hydroxylation is 1. The van der Waals surface area contributed by atoms with Crippen molar-refractivity contribution in [2.45, 2.75) is 32.2 Å². The zero-order valence-electron chi connectivity index (χ0n) is 10.7. The van der Waals surface area contributed by atoms with Crippen molar-refractivity contribution in [2.75, 3.05) is 13.1 Å². The summed E-state index contributed by atoms with van der Waals surface area (Å²) in [5.74, 6) is 0.127. The van der Waals surface area contributed by atoms with Crippen LogP contribution in [0.2, 0.25) is 0 Å². The molecule has 0 unspecified atom stereocenters. The van der Waals surface area contributed by atoms with Gasteiger partial charge in [0.1, 0.15) is 0 Å². The van der Waals surface area contributed by atoms with Gasteiger partial charge < -0.3 is 10.6 Å². The Morgan fingerprint density at radius 3 is 2.72 bits per heavy atom. The lowest BCUT2D eigenvalue weighted by atomic mass is 10.1. The van der Waals surface area contributed by atoms with Crippen molar-refractivity contribution in [3.8, 4) is 0 Å². The smallest absolute Gasteiger partial charge is 0.224 e. The first kappa shape index (κ1) is 15.0. The normalized spacial score (nSPS) is 18.8. The van der Waals surface area contributed by atoms with Gasteiger partial charge in [-0.2, -0.15) is 0 Å². The number of piperidine rings is 1. The van der Waals surface area contributed by atoms with Crippen molar-refractivity contribution in [3.63, 3.8) is 0 Å². The van der Waals surface area contributed by atoms with Crippen LogP contribution in [0.25, 0.3) is 0 Å². The van der Waals surface area contributed by atoms with Crippen molar-refractivity contribution in [1.29, 1.82) is 0 Å². The predicted molar refractivity (Wildman–Crippen MR) is 76.2 cm³/mol. The van der Waals surface area contributed by atoms with Crippen LogP contribution in [0.5, 0.6) is 0 Å². The third kappa shape index (κ3) is 4.67. The average molecular weight is 269 g/mol. The van der Waals surface area contributed by atoms with Gasteiger partial charge >= 0.3 is 0 Å². The second-order valence-corrected chi connectivity index (χ2v) is 4.77. The molecule has 1 aromatic carbocycles. The molecule has 1 amide bonds. The van der Waals surface area contributed by atoms with E-state index >= 15 is 0 Å². The fraction of sp³-hybridized carbons (Fsp3) is 0.500. The molecule has 1 saturated heterocycles. The topological polar surface area (TPSA) is 41.1 Å². The number of nitrogens with one attached hydrogen (secondary N) is 2. The number of rotatable bonds is 3. The van der Waals surface area contributed by atoms with Crippen molar-refractivity contribution in [2.24, 2.45) is 0 Å². The quantitative estimate of drug-likeness (QED) is 0.878. The molecule has 0 saturated carbocycles. The van der Waals surface area contributed by atoms with Crippen molar-refractivity contribution >= 4 is 18.3 Å². The van der Waals surface area contributed by atoms with Crippen molar-refractivity contribution in [1.82, 2.24) is 10.6 Å². The number of amides is 1. The molecule has 0 spiro atoms. The molecule has 2 N–H and O–H groups in total. The number of halogens is 1. The molecule has 4 heteroatoms. The Balaban J connectivity index is 0.00000162. The Bertz CT molecular complexity index is 372. The van der Waals surface area contributed by atoms with E-state index in [0.29, 0.717) is 12.5 Å². The highest BCUT2D eigenvalue weighted by atomic mass is 35.5. The summed E-state index contributed by atoms with van der Waals surface area (Å²) in [6.07, 6.45) is 2.72. The largest absolute Gasteiger partial charge is 0.352 e. The second-order valence-electron chi connectivity index (χ2n) is 4.77. The van der Waals surface area contributed by atoms with Gasteiger partial charge in [-0.3, -0.25) is 4.79 Å². The van der Waals surface area contributed by atoms with Gasteiger partial charge in [0, 0.05) is 12.6 Å². The highest BCUT2D eigenvalue weighted by molar-refractivity contribution is 5.85. The Morgan fingerprint density at radius 2 is 2.11 bits per heavy atom. The maximum absolute atomic E-state index is 11.8. The molecule has 18 heavy (non-hydrogen) atoms. The van der Waals surface area contributed by atoms with Gasteiger partial charge in [0.15, 0.2) is 0 Å². The maximum atomic E-state index is 11.8. The molecule has 0 aliphatic carbocycles. The maximum Gasteiger partial charge on any atom is 0.224 e. The van der Waals surface area contributed by atoms with E-state index in [0.717, 1.165) is 31.5 Å². The standard InChI is InChI=1S/C14H20N2O.ClH/c1-11-4-6-12(7-5-11)9-14(17)16-13-3-2-8-15-10-13;/h4-7,13,15H,2-3,8-10H2,1H3,(H,16,17);1H/t13-;/m0./s1. The highest BCUT2D eigenvalue weighted by Crippen LogP contribution is 2.05. The molecule has 0 bridgehead atoms. The summed E-state index contributed by atoms with van der Waals surface area (Å²) in [5, 5.41) is 6.38. The summed E-state index contributed by atoms with van der Waals surface area (Å²) >= 11 is 0. The van der Waals surface area contributed by atoms with Gasteiger partial charge in [0.25, 0.3) is 0 Å². The summed E-state index contributed by atoms with van der Waals surface area (Å²) in [4.78, 5) is 11.8. The van der Waals surface area contributed by atoms with Crippen LogP contribution in [0.3, 0.4) is 0 Å². The van der Waals surface area contributed by atoms with E-state index in [1.165, 1.54) is 5.56 Å². The van der Waals surface area contributed by atoms with E-state index < -0.39 is 0 Å². The van der Waals surface area contributed by atoms with Gasteiger partial charge in [-0.15, -0.1) is 12.4 Å². The predicted octanol–water partition coefficient (Wildman–Crippen LogP) is 1.83. The van der Waals surface area contributed by atoms with Crippen LogP contribution in [0.4, 0.5) is 0 Å². The molecule has 3 nitrogen and oxygen atoms in total. The Morgan fingerprint density at radius 1 is 1.39 bits per heavy atom. The zero-order chi connectivity index (χ0) is 12.1. The summed E-state index contributed by atoms with van der Waals surface area (Å²) in [5.41, 5.74) is 2.31. The third-order valence-corrected chi connectivity index (χ3v) is 3.15. The van der Waals surface area contributed by atoms with E-state index in [4.69, 9.17) is 0 Å². The van der Waals surface area contributed by atoms with E-state index in [9.17, 15) is 4.79 Å². The van der Waals surface area contributed by atoms with Gasteiger partial charge in [-0.25, -0.2) is 0 Å². The summed E-state index contributed by atoms with van der Waals surface area (Å²) < 4.78 is 0. The molecule has 1 heterocycles. The van der Waals surface area contributed by atoms with Crippen molar-refractivity contribution in [3.05, 3.63) is 35.4 Å². The Labute approximate surface area is 115 Å². The van der Waals surface area contributed by atoms with Gasteiger partial charge in [-0.05, 0) is 31.9 Å². The second kappa shape index (κ2) is 7.39. The molecule has 1 aromatic rings. The van der Waals surface area contributed by atoms with Gasteiger partial charge in [0.05, 0.1) is 6.42 Å². The number of carbonyl (C=O) groups is 1. The first-order chi connectivity index (χ1) is 8.24. The molecule has 0 aromatic heterocycles. The van der Waals surface area contributed by atoms with Crippen LogP contribution in [0, 0.1) is 6.92 Å². The van der Waals surface area contributed by atoms with Crippen LogP contribution < -0.4 is 10.6 Å². The minimum atomic E-state index is 0. The zero-order valence-corrected chi connectivity index (χ0v) is 11.6. The Kier molecular flexibility index (Phi) is 6.16. The van der Waals surface area contributed by atoms with Crippen LogP contribution in [0.15, 0.2) is 24.3 Å². The fourth-order valence-corrected chi connectivity index (χ4v) is 2.15. The summed E-state index contributed by atoms with van der Waals surface area (Å²) in [7, 11) is 0. The minimum absolute atomic E-state index is 0. The molecule has 1 atom stereocenters. The van der Waals surface area contributed by atoms with Crippen molar-refractivity contribution < 1.29 is 4.79 Å². The SMILES string of the molecule is Cc1ccc(CC(=O)N[C@H]2CCCNC2)cc1.Cl. The molecule has 0 radical (unpaired) electrons. The van der Waals surface area contributed by atoms with E-state index in [-0.39, 0.29) is 18.3 Å². The fourth-order valence-electron chi connectivity index (χ4n) is 2.15. The van der Waals surface area contributed by atoms with E-state index in [2.05, 4.69) is 17.6 Å². The lowest BCUT2D eigenvalue weighted by Gasteiger charge is -2.23. The number of carbonyl (C=O) groups excluding carboxylic acids is 1. The van der Waals surface area contributed by atoms with Gasteiger partial charge in [-0.1, -0.05) is 29.8 Å². The monoisotopic (exact) mass is 268 g/mol. The molecule has 1 fully saturated rings. The molecule has 1 aliphatic heterocycles. The summed E-state index contributed by atoms with van der Waals surface area (Å²) in [6, 6.07) is 8.44. The number of benzene rings is 1. The first-order valence-corrected chi connectivity index (χ1v) is 6.29. The molecular formula is C14H21ClN2O. The molecular weight excluding hydrogens is 248 g/mol. The average Bonchev–Trinajstić information content (AvgIpc) is 2.33. The van der Waals surface area contributed by atoms with E-state index in [1.807, 2.05) is 24.3 Å². The first-order valence-electron chi connectivity index (χ1n) is 6.29. The highest BCUT2D eigenvalue weighted by Gasteiger charge is 2.15. The third-order valence-electron chi connectivity index (χ3n) is 3.15. The van der Waals surface area contributed by atoms with Crippen LogP contribution in [-0.2, 0) is 11.2 Å². The number of hydrogen-bond acceptors (Lipinski definition) is 2. The van der Waals surface area contributed by atoms with Crippen LogP contribution >= 0.6 is 12.4 Å². The van der Waals surface area contributed by atoms with Crippen LogP contribution in [-0.4, -0.2) is 25.0 Å². The van der Waals surface area contributed by atoms with Crippen LogP contribution in [0.1, 0.15) is 24.0 Å². The lowest BCUT2D eigenvalue weighted by Crippen LogP contribution is -2.46. The van der Waals surface area contributed by atoms with Gasteiger partial charge in [0.2, 0.25) is 5.91 Å². The Hall–Kier alpha value is -1.06. The molecule has 1 aliphatic rings. The minimum Gasteiger partial charge on any atom is -0.352 e.